The van der Waals surface area contributed by atoms with Crippen LogP contribution in [0.2, 0.25) is 0 Å². The van der Waals surface area contributed by atoms with Gasteiger partial charge in [-0.15, -0.1) is 0 Å². The van der Waals surface area contributed by atoms with Gasteiger partial charge in [-0.2, -0.15) is 0 Å². The summed E-state index contributed by atoms with van der Waals surface area (Å²) in [5.74, 6) is 0. The summed E-state index contributed by atoms with van der Waals surface area (Å²) in [6.45, 7) is 0. The van der Waals surface area contributed by atoms with Crippen LogP contribution in [0.15, 0.2) is 142 Å². The maximum Gasteiger partial charge on any atom is 0.143 e. The highest BCUT2D eigenvalue weighted by Crippen LogP contribution is 2.42. The van der Waals surface area contributed by atoms with Crippen LogP contribution in [0.3, 0.4) is 0 Å². The van der Waals surface area contributed by atoms with E-state index in [0.29, 0.717) is 0 Å². The molecule has 0 atom stereocenters. The van der Waals surface area contributed by atoms with Gasteiger partial charge in [-0.25, -0.2) is 0 Å². The van der Waals surface area contributed by atoms with E-state index in [9.17, 15) is 0 Å². The van der Waals surface area contributed by atoms with Crippen molar-refractivity contribution in [1.29, 1.82) is 0 Å². The van der Waals surface area contributed by atoms with Crippen molar-refractivity contribution in [2.45, 2.75) is 0 Å². The van der Waals surface area contributed by atoms with E-state index in [1.807, 2.05) is 0 Å². The Morgan fingerprint density at radius 1 is 0.325 bits per heavy atom. The lowest BCUT2D eigenvalue weighted by Gasteiger charge is -2.05. The number of fused-ring (bicyclic) bond motifs is 8. The van der Waals surface area contributed by atoms with E-state index in [1.165, 1.54) is 21.5 Å². The molecule has 186 valence electrons. The van der Waals surface area contributed by atoms with Crippen LogP contribution in [0.1, 0.15) is 0 Å². The number of benzene rings is 7. The van der Waals surface area contributed by atoms with Crippen LogP contribution in [-0.2, 0) is 0 Å². The monoisotopic (exact) mass is 510 g/mol. The second kappa shape index (κ2) is 8.08. The Balaban J connectivity index is 1.25. The Kier molecular flexibility index (Phi) is 4.36. The van der Waals surface area contributed by atoms with Crippen LogP contribution in [0.5, 0.6) is 0 Å². The number of furan rings is 2. The first kappa shape index (κ1) is 21.6. The van der Waals surface area contributed by atoms with Gasteiger partial charge in [-0.05, 0) is 50.9 Å². The third-order valence-corrected chi connectivity index (χ3v) is 8.24. The van der Waals surface area contributed by atoms with Crippen LogP contribution in [0.4, 0.5) is 0 Å². The molecule has 0 aliphatic rings. The van der Waals surface area contributed by atoms with Gasteiger partial charge in [0.2, 0.25) is 0 Å². The Morgan fingerprint density at radius 2 is 0.800 bits per heavy atom. The smallest absolute Gasteiger partial charge is 0.143 e. The van der Waals surface area contributed by atoms with E-state index in [-0.39, 0.29) is 0 Å². The second-order valence-electron chi connectivity index (χ2n) is 10.5. The van der Waals surface area contributed by atoms with Crippen molar-refractivity contribution in [2.24, 2.45) is 0 Å². The van der Waals surface area contributed by atoms with Gasteiger partial charge in [0.15, 0.2) is 0 Å². The molecule has 2 heterocycles. The topological polar surface area (TPSA) is 26.3 Å². The average molecular weight is 511 g/mol. The fourth-order valence-electron chi connectivity index (χ4n) is 6.26. The van der Waals surface area contributed by atoms with Crippen molar-refractivity contribution in [3.8, 4) is 22.3 Å². The summed E-state index contributed by atoms with van der Waals surface area (Å²) in [6.07, 6.45) is 0. The van der Waals surface area contributed by atoms with Crippen LogP contribution in [0.25, 0.3) is 87.7 Å². The minimum absolute atomic E-state index is 0.835. The summed E-state index contributed by atoms with van der Waals surface area (Å²) in [5.41, 5.74) is 7.97. The molecule has 0 fully saturated rings. The largest absolute Gasteiger partial charge is 0.455 e. The molecule has 0 saturated heterocycles. The molecule has 40 heavy (non-hydrogen) atoms. The van der Waals surface area contributed by atoms with E-state index in [2.05, 4.69) is 133 Å². The highest BCUT2D eigenvalue weighted by Gasteiger charge is 2.18. The number of hydrogen-bond donors (Lipinski definition) is 0. The highest BCUT2D eigenvalue weighted by atomic mass is 16.3. The van der Waals surface area contributed by atoms with Crippen LogP contribution >= 0.6 is 0 Å². The van der Waals surface area contributed by atoms with Crippen molar-refractivity contribution in [2.75, 3.05) is 0 Å². The first-order valence-corrected chi connectivity index (χ1v) is 13.6. The number of hydrogen-bond acceptors (Lipinski definition) is 2. The molecule has 9 aromatic rings. The summed E-state index contributed by atoms with van der Waals surface area (Å²) in [5, 5.41) is 9.34. The molecule has 0 aliphatic heterocycles. The van der Waals surface area contributed by atoms with Gasteiger partial charge in [0.05, 0.1) is 0 Å². The van der Waals surface area contributed by atoms with Gasteiger partial charge in [-0.3, -0.25) is 0 Å². The summed E-state index contributed by atoms with van der Waals surface area (Å²) >= 11 is 0. The summed E-state index contributed by atoms with van der Waals surface area (Å²) < 4.78 is 13.1. The van der Waals surface area contributed by atoms with E-state index in [0.717, 1.165) is 66.1 Å². The molecule has 0 aliphatic carbocycles. The van der Waals surface area contributed by atoms with Gasteiger partial charge >= 0.3 is 0 Å². The minimum Gasteiger partial charge on any atom is -0.455 e. The Labute approximate surface area is 229 Å². The van der Waals surface area contributed by atoms with Gasteiger partial charge in [0.1, 0.15) is 22.3 Å². The summed E-state index contributed by atoms with van der Waals surface area (Å²) in [7, 11) is 0. The minimum atomic E-state index is 0.835. The SMILES string of the molecule is c1ccc2cc(-c3cccc4c3oc3cc5oc6c(-c7ccc8ccccc8c7)cccc6c5cc34)ccc2c1. The molecule has 0 unspecified atom stereocenters. The molecule has 0 bridgehead atoms. The maximum atomic E-state index is 6.56. The highest BCUT2D eigenvalue weighted by molar-refractivity contribution is 6.18. The lowest BCUT2D eigenvalue weighted by atomic mass is 9.98. The third kappa shape index (κ3) is 3.11. The van der Waals surface area contributed by atoms with Crippen molar-refractivity contribution in [3.63, 3.8) is 0 Å². The van der Waals surface area contributed by atoms with E-state index >= 15 is 0 Å². The van der Waals surface area contributed by atoms with Crippen LogP contribution < -0.4 is 0 Å². The molecule has 2 heteroatoms. The molecule has 0 spiro atoms. The zero-order valence-electron chi connectivity index (χ0n) is 21.5. The molecule has 2 aromatic heterocycles. The van der Waals surface area contributed by atoms with Gasteiger partial charge in [0.25, 0.3) is 0 Å². The first-order valence-electron chi connectivity index (χ1n) is 13.6. The van der Waals surface area contributed by atoms with Gasteiger partial charge in [-0.1, -0.05) is 109 Å². The van der Waals surface area contributed by atoms with Crippen molar-refractivity contribution in [1.82, 2.24) is 0 Å². The molecule has 0 N–H and O–H groups in total. The first-order chi connectivity index (χ1) is 19.8. The molecular formula is C38H22O2. The normalized spacial score (nSPS) is 12.0. The molecule has 7 aromatic carbocycles. The lowest BCUT2D eigenvalue weighted by Crippen LogP contribution is -1.80. The van der Waals surface area contributed by atoms with Crippen molar-refractivity contribution >= 4 is 65.4 Å². The fourth-order valence-corrected chi connectivity index (χ4v) is 6.26. The zero-order chi connectivity index (χ0) is 26.2. The standard InChI is InChI=1S/C38H22O2/c1-3-9-25-19-27(17-15-23(25)7-1)29-11-5-13-31-33-21-34-32-14-6-12-30(28-18-16-24-8-2-4-10-26(24)20-28)38(32)40-36(34)22-35(33)39-37(29)31/h1-22H. The number of rotatable bonds is 2. The quantitative estimate of drug-likeness (QED) is 0.231. The second-order valence-corrected chi connectivity index (χ2v) is 10.5. The zero-order valence-corrected chi connectivity index (χ0v) is 21.5. The predicted molar refractivity (Wildman–Crippen MR) is 167 cm³/mol. The van der Waals surface area contributed by atoms with E-state index in [4.69, 9.17) is 8.83 Å². The molecular weight excluding hydrogens is 488 g/mol. The third-order valence-electron chi connectivity index (χ3n) is 8.24. The molecule has 2 nitrogen and oxygen atoms in total. The van der Waals surface area contributed by atoms with Gasteiger partial charge in [0, 0.05) is 38.7 Å². The van der Waals surface area contributed by atoms with E-state index in [1.54, 1.807) is 0 Å². The Bertz CT molecular complexity index is 2270. The Morgan fingerprint density at radius 3 is 1.30 bits per heavy atom. The fraction of sp³-hybridized carbons (Fsp3) is 0. The van der Waals surface area contributed by atoms with Crippen molar-refractivity contribution in [3.05, 3.63) is 133 Å². The molecule has 9 rings (SSSR count). The van der Waals surface area contributed by atoms with Crippen molar-refractivity contribution < 1.29 is 8.83 Å². The number of para-hydroxylation sites is 2. The maximum absolute atomic E-state index is 6.56. The predicted octanol–water partition coefficient (Wildman–Crippen LogP) is 11.1. The van der Waals surface area contributed by atoms with E-state index < -0.39 is 0 Å². The average Bonchev–Trinajstić information content (AvgIpc) is 3.56. The molecule has 0 radical (unpaired) electrons. The van der Waals surface area contributed by atoms with Crippen LogP contribution in [0, 0.1) is 0 Å². The summed E-state index contributed by atoms with van der Waals surface area (Å²) in [6, 6.07) is 47.2. The lowest BCUT2D eigenvalue weighted by molar-refractivity contribution is 0.657. The molecule has 0 amide bonds. The van der Waals surface area contributed by atoms with Gasteiger partial charge < -0.3 is 8.83 Å². The molecule has 0 saturated carbocycles. The Hall–Kier alpha value is -5.34. The van der Waals surface area contributed by atoms with Crippen LogP contribution in [-0.4, -0.2) is 0 Å². The summed E-state index contributed by atoms with van der Waals surface area (Å²) in [4.78, 5) is 0.